The molecule has 1 heterocycles. The Hall–Kier alpha value is -0.870. The van der Waals surface area contributed by atoms with Gasteiger partial charge in [-0.3, -0.25) is 5.10 Å². The maximum absolute atomic E-state index is 5.01. The van der Waals surface area contributed by atoms with E-state index in [1.54, 1.807) is 7.11 Å². The van der Waals surface area contributed by atoms with E-state index in [1.807, 2.05) is 6.20 Å². The van der Waals surface area contributed by atoms with Crippen LogP contribution in [0.25, 0.3) is 0 Å². The molecule has 1 aliphatic carbocycles. The smallest absolute Gasteiger partial charge is 0.0587 e. The molecule has 4 nitrogen and oxygen atoms in total. The summed E-state index contributed by atoms with van der Waals surface area (Å²) in [6.45, 7) is 2.55. The Morgan fingerprint density at radius 2 is 2.31 bits per heavy atom. The Balaban J connectivity index is 1.86. The minimum Gasteiger partial charge on any atom is -0.383 e. The Morgan fingerprint density at radius 1 is 1.50 bits per heavy atom. The molecule has 0 aromatic carbocycles. The molecular weight excluding hydrogens is 202 g/mol. The van der Waals surface area contributed by atoms with Gasteiger partial charge in [-0.05, 0) is 12.8 Å². The van der Waals surface area contributed by atoms with Gasteiger partial charge in [-0.1, -0.05) is 12.8 Å². The lowest BCUT2D eigenvalue weighted by Gasteiger charge is -2.10. The summed E-state index contributed by atoms with van der Waals surface area (Å²) in [6, 6.07) is 0. The molecule has 1 saturated carbocycles. The fourth-order valence-corrected chi connectivity index (χ4v) is 2.43. The van der Waals surface area contributed by atoms with Gasteiger partial charge in [0.2, 0.25) is 0 Å². The van der Waals surface area contributed by atoms with Crippen molar-refractivity contribution in [2.45, 2.75) is 38.1 Å². The highest BCUT2D eigenvalue weighted by molar-refractivity contribution is 5.21. The number of ether oxygens (including phenoxy) is 1. The molecule has 0 bridgehead atoms. The average Bonchev–Trinajstić information content (AvgIpc) is 2.94. The maximum atomic E-state index is 5.01. The lowest BCUT2D eigenvalue weighted by atomic mass is 10.0. The zero-order chi connectivity index (χ0) is 11.2. The van der Waals surface area contributed by atoms with Crippen molar-refractivity contribution in [1.82, 2.24) is 15.5 Å². The largest absolute Gasteiger partial charge is 0.383 e. The van der Waals surface area contributed by atoms with E-state index in [0.717, 1.165) is 19.7 Å². The molecule has 2 N–H and O–H groups in total. The van der Waals surface area contributed by atoms with Crippen molar-refractivity contribution in [2.24, 2.45) is 0 Å². The van der Waals surface area contributed by atoms with E-state index in [-0.39, 0.29) is 0 Å². The van der Waals surface area contributed by atoms with Crippen molar-refractivity contribution in [3.8, 4) is 0 Å². The molecule has 1 aromatic heterocycles. The molecule has 0 atom stereocenters. The Kier molecular flexibility index (Phi) is 4.36. The molecule has 0 aliphatic heterocycles. The van der Waals surface area contributed by atoms with Gasteiger partial charge in [0.15, 0.2) is 0 Å². The van der Waals surface area contributed by atoms with Crippen molar-refractivity contribution >= 4 is 0 Å². The number of nitrogens with zero attached hydrogens (tertiary/aromatic N) is 1. The van der Waals surface area contributed by atoms with Crippen molar-refractivity contribution < 1.29 is 4.74 Å². The number of aromatic nitrogens is 2. The van der Waals surface area contributed by atoms with Crippen LogP contribution in [0, 0.1) is 0 Å². The molecule has 2 rings (SSSR count). The highest BCUT2D eigenvalue weighted by Crippen LogP contribution is 2.34. The van der Waals surface area contributed by atoms with Gasteiger partial charge in [-0.2, -0.15) is 5.10 Å². The number of aromatic amines is 1. The summed E-state index contributed by atoms with van der Waals surface area (Å²) in [5.41, 5.74) is 2.67. The van der Waals surface area contributed by atoms with Crippen LogP contribution in [0.2, 0.25) is 0 Å². The zero-order valence-electron chi connectivity index (χ0n) is 9.96. The molecule has 0 amide bonds. The van der Waals surface area contributed by atoms with Crippen LogP contribution in [0.1, 0.15) is 42.9 Å². The van der Waals surface area contributed by atoms with Gasteiger partial charge in [0.1, 0.15) is 0 Å². The Morgan fingerprint density at radius 3 is 3.06 bits per heavy atom. The summed E-state index contributed by atoms with van der Waals surface area (Å²) < 4.78 is 5.01. The molecule has 1 aliphatic rings. The number of methoxy groups -OCH3 is 1. The summed E-state index contributed by atoms with van der Waals surface area (Å²) in [7, 11) is 1.73. The highest BCUT2D eigenvalue weighted by Gasteiger charge is 2.21. The molecule has 0 unspecified atom stereocenters. The number of hydrogen-bond donors (Lipinski definition) is 2. The topological polar surface area (TPSA) is 49.9 Å². The normalized spacial score (nSPS) is 17.1. The van der Waals surface area contributed by atoms with Crippen molar-refractivity contribution in [3.63, 3.8) is 0 Å². The van der Waals surface area contributed by atoms with Gasteiger partial charge in [-0.25, -0.2) is 0 Å². The molecule has 1 aromatic rings. The second kappa shape index (κ2) is 6.01. The minimum atomic E-state index is 0.710. The van der Waals surface area contributed by atoms with Crippen LogP contribution in [0.4, 0.5) is 0 Å². The third kappa shape index (κ3) is 2.83. The third-order valence-corrected chi connectivity index (χ3v) is 3.31. The Labute approximate surface area is 96.8 Å². The fourth-order valence-electron chi connectivity index (χ4n) is 2.43. The van der Waals surface area contributed by atoms with Gasteiger partial charge in [0, 0.05) is 37.4 Å². The van der Waals surface area contributed by atoms with Crippen LogP contribution in [-0.4, -0.2) is 30.5 Å². The summed E-state index contributed by atoms with van der Waals surface area (Å²) >= 11 is 0. The quantitative estimate of drug-likeness (QED) is 0.723. The summed E-state index contributed by atoms with van der Waals surface area (Å²) in [6.07, 6.45) is 7.30. The SMILES string of the molecule is COCCNCc1cn[nH]c1C1CCCC1. The van der Waals surface area contributed by atoms with Gasteiger partial charge in [0.25, 0.3) is 0 Å². The van der Waals surface area contributed by atoms with Crippen LogP contribution < -0.4 is 5.32 Å². The number of nitrogens with one attached hydrogen (secondary N) is 2. The first kappa shape index (κ1) is 11.6. The Bertz CT molecular complexity index is 305. The first-order chi connectivity index (χ1) is 7.92. The monoisotopic (exact) mass is 223 g/mol. The lowest BCUT2D eigenvalue weighted by molar-refractivity contribution is 0.199. The fraction of sp³-hybridized carbons (Fsp3) is 0.750. The molecule has 0 radical (unpaired) electrons. The number of hydrogen-bond acceptors (Lipinski definition) is 3. The predicted octanol–water partition coefficient (Wildman–Crippen LogP) is 1.80. The average molecular weight is 223 g/mol. The van der Waals surface area contributed by atoms with Crippen LogP contribution >= 0.6 is 0 Å². The second-order valence-corrected chi connectivity index (χ2v) is 4.46. The minimum absolute atomic E-state index is 0.710. The lowest BCUT2D eigenvalue weighted by Crippen LogP contribution is -2.19. The van der Waals surface area contributed by atoms with Gasteiger partial charge < -0.3 is 10.1 Å². The van der Waals surface area contributed by atoms with Crippen LogP contribution in [0.15, 0.2) is 6.20 Å². The second-order valence-electron chi connectivity index (χ2n) is 4.46. The molecular formula is C12H21N3O. The van der Waals surface area contributed by atoms with E-state index < -0.39 is 0 Å². The highest BCUT2D eigenvalue weighted by atomic mass is 16.5. The standard InChI is InChI=1S/C12H21N3O/c1-16-7-6-13-8-11-9-14-15-12(11)10-4-2-3-5-10/h9-10,13H,2-8H2,1H3,(H,14,15). The molecule has 4 heteroatoms. The molecule has 1 fully saturated rings. The zero-order valence-corrected chi connectivity index (χ0v) is 9.96. The van der Waals surface area contributed by atoms with Crippen molar-refractivity contribution in [3.05, 3.63) is 17.5 Å². The third-order valence-electron chi connectivity index (χ3n) is 3.31. The number of rotatable bonds is 6. The summed E-state index contributed by atoms with van der Waals surface area (Å²) in [4.78, 5) is 0. The molecule has 90 valence electrons. The van der Waals surface area contributed by atoms with E-state index in [9.17, 15) is 0 Å². The van der Waals surface area contributed by atoms with Gasteiger partial charge in [-0.15, -0.1) is 0 Å². The van der Waals surface area contributed by atoms with Gasteiger partial charge >= 0.3 is 0 Å². The molecule has 0 saturated heterocycles. The van der Waals surface area contributed by atoms with E-state index >= 15 is 0 Å². The van der Waals surface area contributed by atoms with Crippen LogP contribution in [0.3, 0.4) is 0 Å². The maximum Gasteiger partial charge on any atom is 0.0587 e. The van der Waals surface area contributed by atoms with Gasteiger partial charge in [0.05, 0.1) is 12.8 Å². The first-order valence-electron chi connectivity index (χ1n) is 6.13. The molecule has 0 spiro atoms. The summed E-state index contributed by atoms with van der Waals surface area (Å²) in [5, 5.41) is 10.7. The van der Waals surface area contributed by atoms with E-state index in [0.29, 0.717) is 5.92 Å². The van der Waals surface area contributed by atoms with Crippen LogP contribution in [-0.2, 0) is 11.3 Å². The van der Waals surface area contributed by atoms with Crippen LogP contribution in [0.5, 0.6) is 0 Å². The molecule has 16 heavy (non-hydrogen) atoms. The van der Waals surface area contributed by atoms with E-state index in [1.165, 1.54) is 36.9 Å². The van der Waals surface area contributed by atoms with Crippen molar-refractivity contribution in [2.75, 3.05) is 20.3 Å². The predicted molar refractivity (Wildman–Crippen MR) is 63.4 cm³/mol. The van der Waals surface area contributed by atoms with Crippen molar-refractivity contribution in [1.29, 1.82) is 0 Å². The first-order valence-corrected chi connectivity index (χ1v) is 6.13. The van der Waals surface area contributed by atoms with E-state index in [2.05, 4.69) is 15.5 Å². The summed E-state index contributed by atoms with van der Waals surface area (Å²) in [5.74, 6) is 0.710. The van der Waals surface area contributed by atoms with E-state index in [4.69, 9.17) is 4.74 Å². The number of H-pyrrole nitrogens is 1.